The van der Waals surface area contributed by atoms with Crippen molar-refractivity contribution in [3.05, 3.63) is 48.5 Å². The summed E-state index contributed by atoms with van der Waals surface area (Å²) in [5, 5.41) is 12.3. The number of hydrogen-bond donors (Lipinski definition) is 2. The van der Waals surface area contributed by atoms with Crippen LogP contribution in [0.25, 0.3) is 11.1 Å². The zero-order valence-electron chi connectivity index (χ0n) is 8.55. The second-order valence-corrected chi connectivity index (χ2v) is 3.36. The largest absolute Gasteiger partial charge is 0.507 e. The molecule has 0 saturated carbocycles. The second-order valence-electron chi connectivity index (χ2n) is 3.36. The van der Waals surface area contributed by atoms with Crippen molar-refractivity contribution in [2.24, 2.45) is 0 Å². The summed E-state index contributed by atoms with van der Waals surface area (Å²) >= 11 is 0. The van der Waals surface area contributed by atoms with Crippen molar-refractivity contribution in [2.45, 2.75) is 0 Å². The van der Waals surface area contributed by atoms with Crippen LogP contribution >= 0.6 is 0 Å². The quantitative estimate of drug-likeness (QED) is 0.608. The molecule has 0 heterocycles. The van der Waals surface area contributed by atoms with E-state index in [0.717, 1.165) is 5.56 Å². The number of anilines is 1. The summed E-state index contributed by atoms with van der Waals surface area (Å²) in [4.78, 5) is 10.3. The predicted molar refractivity (Wildman–Crippen MR) is 63.2 cm³/mol. The first-order valence-corrected chi connectivity index (χ1v) is 4.90. The SMILES string of the molecule is O=CNc1ccc(O)c(-c2ccccc2)c1. The van der Waals surface area contributed by atoms with E-state index in [1.807, 2.05) is 30.3 Å². The summed E-state index contributed by atoms with van der Waals surface area (Å²) in [6, 6.07) is 14.5. The number of aromatic hydroxyl groups is 1. The Bertz CT molecular complexity index is 495. The van der Waals surface area contributed by atoms with Gasteiger partial charge in [0.25, 0.3) is 0 Å². The predicted octanol–water partition coefficient (Wildman–Crippen LogP) is 2.63. The first kappa shape index (κ1) is 10.2. The van der Waals surface area contributed by atoms with Gasteiger partial charge in [0.05, 0.1) is 0 Å². The van der Waals surface area contributed by atoms with Gasteiger partial charge in [0.15, 0.2) is 0 Å². The molecule has 2 rings (SSSR count). The lowest BCUT2D eigenvalue weighted by Gasteiger charge is -2.07. The van der Waals surface area contributed by atoms with Crippen LogP contribution in [-0.4, -0.2) is 11.5 Å². The number of amides is 1. The van der Waals surface area contributed by atoms with Crippen LogP contribution in [0, 0.1) is 0 Å². The fourth-order valence-corrected chi connectivity index (χ4v) is 1.54. The third-order valence-corrected chi connectivity index (χ3v) is 2.31. The van der Waals surface area contributed by atoms with Crippen LogP contribution in [0.3, 0.4) is 0 Å². The average molecular weight is 213 g/mol. The maximum Gasteiger partial charge on any atom is 0.211 e. The number of hydrogen-bond acceptors (Lipinski definition) is 2. The first-order chi connectivity index (χ1) is 7.81. The summed E-state index contributed by atoms with van der Waals surface area (Å²) in [5.41, 5.74) is 2.27. The van der Waals surface area contributed by atoms with Gasteiger partial charge in [-0.3, -0.25) is 4.79 Å². The van der Waals surface area contributed by atoms with Crippen LogP contribution in [0.15, 0.2) is 48.5 Å². The van der Waals surface area contributed by atoms with Crippen LogP contribution in [0.2, 0.25) is 0 Å². The molecule has 0 bridgehead atoms. The van der Waals surface area contributed by atoms with E-state index >= 15 is 0 Å². The third kappa shape index (κ3) is 2.03. The Labute approximate surface area is 93.4 Å². The summed E-state index contributed by atoms with van der Waals surface area (Å²) in [5.74, 6) is 0.197. The Morgan fingerprint density at radius 1 is 1.06 bits per heavy atom. The van der Waals surface area contributed by atoms with Gasteiger partial charge in [-0.1, -0.05) is 30.3 Å². The molecule has 2 aromatic rings. The molecule has 3 nitrogen and oxygen atoms in total. The van der Waals surface area contributed by atoms with Gasteiger partial charge in [0.2, 0.25) is 6.41 Å². The van der Waals surface area contributed by atoms with Gasteiger partial charge in [-0.05, 0) is 23.8 Å². The molecule has 0 aliphatic heterocycles. The second kappa shape index (κ2) is 4.49. The standard InChI is InChI=1S/C13H11NO2/c15-9-14-11-6-7-13(16)12(8-11)10-4-2-1-3-5-10/h1-9,16H,(H,14,15). The topological polar surface area (TPSA) is 49.3 Å². The van der Waals surface area contributed by atoms with Crippen molar-refractivity contribution < 1.29 is 9.90 Å². The monoisotopic (exact) mass is 213 g/mol. The van der Waals surface area contributed by atoms with Crippen molar-refractivity contribution in [3.63, 3.8) is 0 Å². The lowest BCUT2D eigenvalue weighted by molar-refractivity contribution is -0.105. The zero-order chi connectivity index (χ0) is 11.4. The van der Waals surface area contributed by atoms with E-state index in [0.29, 0.717) is 17.7 Å². The Morgan fingerprint density at radius 2 is 1.81 bits per heavy atom. The van der Waals surface area contributed by atoms with Gasteiger partial charge in [0, 0.05) is 11.3 Å². The minimum Gasteiger partial charge on any atom is -0.507 e. The van der Waals surface area contributed by atoms with Crippen LogP contribution in [0.5, 0.6) is 5.75 Å². The molecule has 0 atom stereocenters. The molecule has 1 amide bonds. The van der Waals surface area contributed by atoms with E-state index in [-0.39, 0.29) is 5.75 Å². The number of carbonyl (C=O) groups excluding carboxylic acids is 1. The Kier molecular flexibility index (Phi) is 2.87. The molecule has 16 heavy (non-hydrogen) atoms. The number of nitrogens with one attached hydrogen (secondary N) is 1. The number of rotatable bonds is 3. The molecule has 0 aliphatic carbocycles. The highest BCUT2D eigenvalue weighted by atomic mass is 16.3. The Balaban J connectivity index is 2.47. The highest BCUT2D eigenvalue weighted by Crippen LogP contribution is 2.31. The number of phenols is 1. The van der Waals surface area contributed by atoms with Crippen molar-refractivity contribution in [3.8, 4) is 16.9 Å². The fourth-order valence-electron chi connectivity index (χ4n) is 1.54. The van der Waals surface area contributed by atoms with E-state index in [1.54, 1.807) is 18.2 Å². The van der Waals surface area contributed by atoms with Crippen molar-refractivity contribution >= 4 is 12.1 Å². The Morgan fingerprint density at radius 3 is 2.50 bits per heavy atom. The fraction of sp³-hybridized carbons (Fsp3) is 0. The zero-order valence-corrected chi connectivity index (χ0v) is 8.55. The van der Waals surface area contributed by atoms with Gasteiger partial charge in [-0.25, -0.2) is 0 Å². The molecule has 0 saturated heterocycles. The Hall–Kier alpha value is -2.29. The van der Waals surface area contributed by atoms with Gasteiger partial charge in [0.1, 0.15) is 5.75 Å². The molecule has 2 N–H and O–H groups in total. The van der Waals surface area contributed by atoms with Crippen LogP contribution in [0.4, 0.5) is 5.69 Å². The van der Waals surface area contributed by atoms with Gasteiger partial charge in [-0.15, -0.1) is 0 Å². The number of benzene rings is 2. The van der Waals surface area contributed by atoms with Crippen LogP contribution in [0.1, 0.15) is 0 Å². The number of phenolic OH excluding ortho intramolecular Hbond substituents is 1. The van der Waals surface area contributed by atoms with E-state index in [2.05, 4.69) is 5.32 Å². The van der Waals surface area contributed by atoms with E-state index < -0.39 is 0 Å². The first-order valence-electron chi connectivity index (χ1n) is 4.90. The van der Waals surface area contributed by atoms with E-state index in [4.69, 9.17) is 0 Å². The molecule has 0 aliphatic rings. The van der Waals surface area contributed by atoms with Crippen molar-refractivity contribution in [1.82, 2.24) is 0 Å². The summed E-state index contributed by atoms with van der Waals surface area (Å²) in [7, 11) is 0. The average Bonchev–Trinajstić information content (AvgIpc) is 2.33. The minimum absolute atomic E-state index is 0.197. The molecule has 0 radical (unpaired) electrons. The van der Waals surface area contributed by atoms with Gasteiger partial charge < -0.3 is 10.4 Å². The molecule has 0 unspecified atom stereocenters. The minimum atomic E-state index is 0.197. The summed E-state index contributed by atoms with van der Waals surface area (Å²) in [6.07, 6.45) is 0.612. The normalized spacial score (nSPS) is 9.75. The molecule has 0 fully saturated rings. The molecular formula is C13H11NO2. The van der Waals surface area contributed by atoms with Gasteiger partial charge >= 0.3 is 0 Å². The molecule has 0 spiro atoms. The lowest BCUT2D eigenvalue weighted by atomic mass is 10.0. The smallest absolute Gasteiger partial charge is 0.211 e. The van der Waals surface area contributed by atoms with Crippen molar-refractivity contribution in [1.29, 1.82) is 0 Å². The maximum absolute atomic E-state index is 10.3. The summed E-state index contributed by atoms with van der Waals surface area (Å²) in [6.45, 7) is 0. The van der Waals surface area contributed by atoms with E-state index in [1.165, 1.54) is 0 Å². The molecule has 2 aromatic carbocycles. The third-order valence-electron chi connectivity index (χ3n) is 2.31. The van der Waals surface area contributed by atoms with Crippen LogP contribution < -0.4 is 5.32 Å². The van der Waals surface area contributed by atoms with Crippen LogP contribution in [-0.2, 0) is 4.79 Å². The highest BCUT2D eigenvalue weighted by molar-refractivity contribution is 5.79. The molecule has 0 aromatic heterocycles. The van der Waals surface area contributed by atoms with Gasteiger partial charge in [-0.2, -0.15) is 0 Å². The molecule has 80 valence electrons. The molecular weight excluding hydrogens is 202 g/mol. The highest BCUT2D eigenvalue weighted by Gasteiger charge is 2.04. The molecule has 3 heteroatoms. The van der Waals surface area contributed by atoms with Crippen molar-refractivity contribution in [2.75, 3.05) is 5.32 Å². The lowest BCUT2D eigenvalue weighted by Crippen LogP contribution is -1.93. The summed E-state index contributed by atoms with van der Waals surface area (Å²) < 4.78 is 0. The number of carbonyl (C=O) groups is 1. The van der Waals surface area contributed by atoms with E-state index in [9.17, 15) is 9.90 Å². The maximum atomic E-state index is 10.3.